The van der Waals surface area contributed by atoms with Crippen LogP contribution in [0.1, 0.15) is 29.6 Å². The Balaban J connectivity index is 1.94. The number of carbonyl (C=O) groups excluding carboxylic acids is 1. The molecule has 1 saturated heterocycles. The zero-order chi connectivity index (χ0) is 16.2. The van der Waals surface area contributed by atoms with Gasteiger partial charge in [0.2, 0.25) is 0 Å². The largest absolute Gasteiger partial charge is 0.394 e. The van der Waals surface area contributed by atoms with Crippen LogP contribution in [0.4, 0.5) is 0 Å². The van der Waals surface area contributed by atoms with Crippen molar-refractivity contribution in [2.45, 2.75) is 25.3 Å². The number of pyridine rings is 1. The van der Waals surface area contributed by atoms with Crippen molar-refractivity contribution in [2.24, 2.45) is 0 Å². The van der Waals surface area contributed by atoms with E-state index in [0.717, 1.165) is 30.5 Å². The molecule has 0 aliphatic carbocycles. The van der Waals surface area contributed by atoms with Crippen LogP contribution in [-0.2, 0) is 0 Å². The number of hydrogen-bond acceptors (Lipinski definition) is 3. The molecule has 2 aromatic rings. The lowest BCUT2D eigenvalue weighted by Crippen LogP contribution is -2.45. The first-order valence-corrected chi connectivity index (χ1v) is 8.21. The third-order valence-corrected chi connectivity index (χ3v) is 4.59. The van der Waals surface area contributed by atoms with E-state index >= 15 is 0 Å². The SMILES string of the molecule is O=C(c1cc(-c2ccccn2)ccc1Cl)N1CCCC[C@H]1CO. The average molecular weight is 331 g/mol. The maximum atomic E-state index is 12.9. The minimum absolute atomic E-state index is 0.0106. The number of carbonyl (C=O) groups is 1. The molecule has 1 atom stereocenters. The van der Waals surface area contributed by atoms with Gasteiger partial charge in [-0.2, -0.15) is 0 Å². The van der Waals surface area contributed by atoms with Crippen LogP contribution in [-0.4, -0.2) is 40.1 Å². The summed E-state index contributed by atoms with van der Waals surface area (Å²) in [6.07, 6.45) is 4.55. The normalized spacial score (nSPS) is 18.0. The maximum Gasteiger partial charge on any atom is 0.255 e. The Morgan fingerprint density at radius 3 is 2.91 bits per heavy atom. The highest BCUT2D eigenvalue weighted by atomic mass is 35.5. The van der Waals surface area contributed by atoms with E-state index in [2.05, 4.69) is 4.98 Å². The molecular weight excluding hydrogens is 312 g/mol. The van der Waals surface area contributed by atoms with Crippen molar-refractivity contribution in [3.63, 3.8) is 0 Å². The van der Waals surface area contributed by atoms with Gasteiger partial charge in [0.25, 0.3) is 5.91 Å². The lowest BCUT2D eigenvalue weighted by atomic mass is 10.0. The predicted molar refractivity (Wildman–Crippen MR) is 90.4 cm³/mol. The Morgan fingerprint density at radius 1 is 1.30 bits per heavy atom. The first kappa shape index (κ1) is 16.0. The molecule has 1 aromatic heterocycles. The Labute approximate surface area is 140 Å². The van der Waals surface area contributed by atoms with Crippen LogP contribution in [0, 0.1) is 0 Å². The summed E-state index contributed by atoms with van der Waals surface area (Å²) in [6.45, 7) is 0.650. The molecule has 0 bridgehead atoms. The van der Waals surface area contributed by atoms with Crippen LogP contribution in [0.2, 0.25) is 5.02 Å². The zero-order valence-electron chi connectivity index (χ0n) is 12.8. The fraction of sp³-hybridized carbons (Fsp3) is 0.333. The Morgan fingerprint density at radius 2 is 2.17 bits per heavy atom. The summed E-state index contributed by atoms with van der Waals surface area (Å²) < 4.78 is 0. The van der Waals surface area contributed by atoms with E-state index < -0.39 is 0 Å². The molecule has 1 fully saturated rings. The number of likely N-dealkylation sites (tertiary alicyclic amines) is 1. The quantitative estimate of drug-likeness (QED) is 0.938. The number of amides is 1. The number of aromatic nitrogens is 1. The smallest absolute Gasteiger partial charge is 0.255 e. The number of benzene rings is 1. The first-order chi connectivity index (χ1) is 11.2. The van der Waals surface area contributed by atoms with E-state index in [1.807, 2.05) is 24.3 Å². The maximum absolute atomic E-state index is 12.9. The second-order valence-electron chi connectivity index (χ2n) is 5.74. The summed E-state index contributed by atoms with van der Waals surface area (Å²) in [5.74, 6) is -0.119. The van der Waals surface area contributed by atoms with Crippen LogP contribution in [0.5, 0.6) is 0 Å². The molecule has 120 valence electrons. The molecule has 0 spiro atoms. The minimum Gasteiger partial charge on any atom is -0.394 e. The summed E-state index contributed by atoms with van der Waals surface area (Å²) in [6, 6.07) is 10.9. The van der Waals surface area contributed by atoms with Gasteiger partial charge in [-0.05, 0) is 43.5 Å². The number of piperidine rings is 1. The highest BCUT2D eigenvalue weighted by Gasteiger charge is 2.28. The van der Waals surface area contributed by atoms with E-state index in [1.54, 1.807) is 23.2 Å². The van der Waals surface area contributed by atoms with Gasteiger partial charge >= 0.3 is 0 Å². The topological polar surface area (TPSA) is 53.4 Å². The second kappa shape index (κ2) is 7.11. The van der Waals surface area contributed by atoms with Crippen molar-refractivity contribution in [2.75, 3.05) is 13.2 Å². The number of aliphatic hydroxyl groups excluding tert-OH is 1. The molecule has 1 aliphatic rings. The van der Waals surface area contributed by atoms with Gasteiger partial charge in [0, 0.05) is 18.3 Å². The number of aliphatic hydroxyl groups is 1. The van der Waals surface area contributed by atoms with E-state index in [4.69, 9.17) is 11.6 Å². The summed E-state index contributed by atoms with van der Waals surface area (Å²) in [4.78, 5) is 18.9. The highest BCUT2D eigenvalue weighted by molar-refractivity contribution is 6.34. The zero-order valence-corrected chi connectivity index (χ0v) is 13.5. The van der Waals surface area contributed by atoms with Gasteiger partial charge in [0.1, 0.15) is 0 Å². The molecule has 1 amide bonds. The monoisotopic (exact) mass is 330 g/mol. The van der Waals surface area contributed by atoms with E-state index in [1.165, 1.54) is 0 Å². The number of rotatable bonds is 3. The van der Waals surface area contributed by atoms with Crippen molar-refractivity contribution in [3.8, 4) is 11.3 Å². The molecule has 2 heterocycles. The molecule has 5 heteroatoms. The van der Waals surface area contributed by atoms with Crippen LogP contribution in [0.3, 0.4) is 0 Å². The van der Waals surface area contributed by atoms with Crippen LogP contribution in [0.25, 0.3) is 11.3 Å². The highest BCUT2D eigenvalue weighted by Crippen LogP contribution is 2.27. The first-order valence-electron chi connectivity index (χ1n) is 7.83. The van der Waals surface area contributed by atoms with Crippen molar-refractivity contribution in [1.29, 1.82) is 0 Å². The molecule has 3 rings (SSSR count). The van der Waals surface area contributed by atoms with Gasteiger partial charge in [-0.1, -0.05) is 23.7 Å². The third kappa shape index (κ3) is 3.38. The summed E-state index contributed by atoms with van der Waals surface area (Å²) in [7, 11) is 0. The summed E-state index contributed by atoms with van der Waals surface area (Å²) in [5, 5.41) is 9.95. The van der Waals surface area contributed by atoms with Crippen LogP contribution < -0.4 is 0 Å². The van der Waals surface area contributed by atoms with Gasteiger partial charge in [0.15, 0.2) is 0 Å². The number of nitrogens with zero attached hydrogens (tertiary/aromatic N) is 2. The molecule has 0 radical (unpaired) electrons. The molecule has 1 aromatic carbocycles. The van der Waals surface area contributed by atoms with Gasteiger partial charge in [-0.25, -0.2) is 0 Å². The third-order valence-electron chi connectivity index (χ3n) is 4.26. The lowest BCUT2D eigenvalue weighted by molar-refractivity contribution is 0.0503. The fourth-order valence-electron chi connectivity index (χ4n) is 2.99. The second-order valence-corrected chi connectivity index (χ2v) is 6.15. The fourth-order valence-corrected chi connectivity index (χ4v) is 3.19. The molecule has 1 aliphatic heterocycles. The Bertz CT molecular complexity index is 691. The minimum atomic E-state index is -0.120. The molecule has 1 N–H and O–H groups in total. The van der Waals surface area contributed by atoms with Crippen molar-refractivity contribution in [3.05, 3.63) is 53.2 Å². The average Bonchev–Trinajstić information content (AvgIpc) is 2.62. The van der Waals surface area contributed by atoms with Crippen molar-refractivity contribution < 1.29 is 9.90 Å². The molecule has 0 unspecified atom stereocenters. The predicted octanol–water partition coefficient (Wildman–Crippen LogP) is 3.39. The number of halogens is 1. The molecule has 23 heavy (non-hydrogen) atoms. The van der Waals surface area contributed by atoms with E-state index in [-0.39, 0.29) is 18.6 Å². The molecule has 0 saturated carbocycles. The molecule has 4 nitrogen and oxygen atoms in total. The van der Waals surface area contributed by atoms with Gasteiger partial charge in [-0.3, -0.25) is 9.78 Å². The summed E-state index contributed by atoms with van der Waals surface area (Å²) in [5.41, 5.74) is 2.13. The van der Waals surface area contributed by atoms with Gasteiger partial charge in [-0.15, -0.1) is 0 Å². The van der Waals surface area contributed by atoms with E-state index in [9.17, 15) is 9.90 Å². The van der Waals surface area contributed by atoms with E-state index in [0.29, 0.717) is 17.1 Å². The lowest BCUT2D eigenvalue weighted by Gasteiger charge is -2.34. The summed E-state index contributed by atoms with van der Waals surface area (Å²) >= 11 is 6.26. The van der Waals surface area contributed by atoms with Gasteiger partial charge < -0.3 is 10.0 Å². The van der Waals surface area contributed by atoms with Crippen molar-refractivity contribution in [1.82, 2.24) is 9.88 Å². The standard InChI is InChI=1S/C18H19ClN2O2/c19-16-8-7-13(17-6-1-3-9-20-17)11-15(16)18(23)21-10-4-2-5-14(21)12-22/h1,3,6-9,11,14,22H,2,4-5,10,12H2/t14-/m0/s1. The Hall–Kier alpha value is -1.91. The van der Waals surface area contributed by atoms with Crippen LogP contribution >= 0.6 is 11.6 Å². The number of hydrogen-bond donors (Lipinski definition) is 1. The molecular formula is C18H19ClN2O2. The van der Waals surface area contributed by atoms with Crippen molar-refractivity contribution >= 4 is 17.5 Å². The van der Waals surface area contributed by atoms with Crippen LogP contribution in [0.15, 0.2) is 42.6 Å². The van der Waals surface area contributed by atoms with Gasteiger partial charge in [0.05, 0.1) is 28.9 Å². The Kier molecular flexibility index (Phi) is 4.94.